The summed E-state index contributed by atoms with van der Waals surface area (Å²) in [5, 5.41) is 27.5. The van der Waals surface area contributed by atoms with Crippen molar-refractivity contribution >= 4 is 23.3 Å². The Morgan fingerprint density at radius 3 is 2.46 bits per heavy atom. The van der Waals surface area contributed by atoms with Gasteiger partial charge in [-0.05, 0) is 11.4 Å². The smallest absolute Gasteiger partial charge is 0.338 e. The van der Waals surface area contributed by atoms with Gasteiger partial charge in [-0.1, -0.05) is 0 Å². The van der Waals surface area contributed by atoms with Gasteiger partial charge in [0.15, 0.2) is 6.10 Å². The molecule has 0 amide bonds. The Hall–Kier alpha value is -1.40. The molecule has 0 aliphatic rings. The molecule has 1 heterocycles. The molecule has 0 aliphatic carbocycles. The van der Waals surface area contributed by atoms with E-state index >= 15 is 0 Å². The molecule has 1 aromatic rings. The Kier molecular flexibility index (Phi) is 2.64. The fraction of sp³-hybridized carbons (Fsp3) is 0.143. The Morgan fingerprint density at radius 1 is 1.38 bits per heavy atom. The summed E-state index contributed by atoms with van der Waals surface area (Å²) in [6.07, 6.45) is -1.76. The van der Waals surface area contributed by atoms with Gasteiger partial charge in [-0.25, -0.2) is 9.59 Å². The van der Waals surface area contributed by atoms with E-state index in [9.17, 15) is 9.59 Å². The summed E-state index contributed by atoms with van der Waals surface area (Å²) < 4.78 is 0. The summed E-state index contributed by atoms with van der Waals surface area (Å²) >= 11 is 0.903. The van der Waals surface area contributed by atoms with E-state index in [0.29, 0.717) is 0 Å². The van der Waals surface area contributed by atoms with Crippen LogP contribution in [0.5, 0.6) is 0 Å². The molecule has 13 heavy (non-hydrogen) atoms. The van der Waals surface area contributed by atoms with E-state index in [2.05, 4.69) is 0 Å². The van der Waals surface area contributed by atoms with Crippen molar-refractivity contribution in [2.75, 3.05) is 0 Å². The third-order valence-corrected chi connectivity index (χ3v) is 2.38. The summed E-state index contributed by atoms with van der Waals surface area (Å²) in [6, 6.07) is 1.26. The van der Waals surface area contributed by atoms with E-state index in [1.165, 1.54) is 11.4 Å². The van der Waals surface area contributed by atoms with E-state index in [-0.39, 0.29) is 10.4 Å². The average Bonchev–Trinajstić information content (AvgIpc) is 2.50. The molecule has 0 saturated heterocycles. The Balaban J connectivity index is 3.07. The number of aliphatic hydroxyl groups excluding tert-OH is 1. The van der Waals surface area contributed by atoms with E-state index in [4.69, 9.17) is 15.3 Å². The molecule has 1 aromatic heterocycles. The summed E-state index contributed by atoms with van der Waals surface area (Å²) in [5.41, 5.74) is -0.167. The molecule has 0 bridgehead atoms. The summed E-state index contributed by atoms with van der Waals surface area (Å²) in [4.78, 5) is 20.8. The lowest BCUT2D eigenvalue weighted by atomic mass is 10.2. The molecule has 0 saturated carbocycles. The quantitative estimate of drug-likeness (QED) is 0.665. The SMILES string of the molecule is O=C(O)c1ccsc1C(O)C(=O)O. The van der Waals surface area contributed by atoms with Crippen LogP contribution in [0, 0.1) is 0 Å². The molecule has 1 atom stereocenters. The third kappa shape index (κ3) is 1.85. The van der Waals surface area contributed by atoms with Gasteiger partial charge < -0.3 is 15.3 Å². The number of carboxylic acids is 2. The Labute approximate surface area is 76.9 Å². The van der Waals surface area contributed by atoms with Gasteiger partial charge in [0.1, 0.15) is 0 Å². The monoisotopic (exact) mass is 202 g/mol. The molecular weight excluding hydrogens is 196 g/mol. The normalized spacial score (nSPS) is 12.4. The summed E-state index contributed by atoms with van der Waals surface area (Å²) in [5.74, 6) is -2.69. The Bertz CT molecular complexity index is 342. The van der Waals surface area contributed by atoms with Crippen LogP contribution in [0.25, 0.3) is 0 Å². The number of aliphatic carboxylic acids is 1. The Morgan fingerprint density at radius 2 is 2.00 bits per heavy atom. The number of carboxylic acid groups (broad SMARTS) is 2. The predicted octanol–water partition coefficient (Wildman–Crippen LogP) is 0.564. The number of hydrogen-bond acceptors (Lipinski definition) is 4. The van der Waals surface area contributed by atoms with Crippen molar-refractivity contribution in [2.45, 2.75) is 6.10 Å². The number of aliphatic hydroxyl groups is 1. The van der Waals surface area contributed by atoms with Crippen molar-refractivity contribution in [3.05, 3.63) is 21.9 Å². The molecule has 0 aromatic carbocycles. The topological polar surface area (TPSA) is 94.8 Å². The van der Waals surface area contributed by atoms with Gasteiger partial charge in [0.25, 0.3) is 0 Å². The van der Waals surface area contributed by atoms with E-state index < -0.39 is 18.0 Å². The van der Waals surface area contributed by atoms with Crippen LogP contribution in [0.2, 0.25) is 0 Å². The zero-order valence-electron chi connectivity index (χ0n) is 6.30. The van der Waals surface area contributed by atoms with Crippen LogP contribution in [-0.2, 0) is 4.79 Å². The molecule has 5 nitrogen and oxygen atoms in total. The van der Waals surface area contributed by atoms with Gasteiger partial charge in [-0.2, -0.15) is 0 Å². The fourth-order valence-corrected chi connectivity index (χ4v) is 1.68. The van der Waals surface area contributed by atoms with Crippen LogP contribution in [0.4, 0.5) is 0 Å². The van der Waals surface area contributed by atoms with E-state index in [1.807, 2.05) is 0 Å². The van der Waals surface area contributed by atoms with Gasteiger partial charge in [0.05, 0.1) is 10.4 Å². The fourth-order valence-electron chi connectivity index (χ4n) is 0.822. The highest BCUT2D eigenvalue weighted by atomic mass is 32.1. The molecule has 70 valence electrons. The first-order chi connectivity index (χ1) is 6.04. The van der Waals surface area contributed by atoms with Crippen molar-refractivity contribution in [1.29, 1.82) is 0 Å². The highest BCUT2D eigenvalue weighted by Crippen LogP contribution is 2.24. The molecule has 0 radical (unpaired) electrons. The van der Waals surface area contributed by atoms with Crippen molar-refractivity contribution < 1.29 is 24.9 Å². The van der Waals surface area contributed by atoms with Crippen LogP contribution >= 0.6 is 11.3 Å². The number of thiophene rings is 1. The minimum absolute atomic E-state index is 0.0556. The van der Waals surface area contributed by atoms with E-state index in [0.717, 1.165) is 11.3 Å². The van der Waals surface area contributed by atoms with Gasteiger partial charge in [0, 0.05) is 0 Å². The van der Waals surface area contributed by atoms with Crippen LogP contribution in [0.1, 0.15) is 21.3 Å². The predicted molar refractivity (Wildman–Crippen MR) is 43.9 cm³/mol. The first-order valence-electron chi connectivity index (χ1n) is 3.25. The molecule has 0 fully saturated rings. The average molecular weight is 202 g/mol. The maximum absolute atomic E-state index is 10.5. The van der Waals surface area contributed by atoms with Crippen molar-refractivity contribution in [3.63, 3.8) is 0 Å². The maximum atomic E-state index is 10.5. The minimum Gasteiger partial charge on any atom is -0.479 e. The lowest BCUT2D eigenvalue weighted by molar-refractivity contribution is -0.146. The largest absolute Gasteiger partial charge is 0.479 e. The van der Waals surface area contributed by atoms with Crippen molar-refractivity contribution in [3.8, 4) is 0 Å². The van der Waals surface area contributed by atoms with Crippen LogP contribution in [0.15, 0.2) is 11.4 Å². The second kappa shape index (κ2) is 3.55. The second-order valence-electron chi connectivity index (χ2n) is 2.24. The highest BCUT2D eigenvalue weighted by Gasteiger charge is 2.23. The van der Waals surface area contributed by atoms with Crippen LogP contribution in [-0.4, -0.2) is 27.3 Å². The van der Waals surface area contributed by atoms with Gasteiger partial charge in [0.2, 0.25) is 0 Å². The highest BCUT2D eigenvalue weighted by molar-refractivity contribution is 7.10. The zero-order chi connectivity index (χ0) is 10.0. The third-order valence-electron chi connectivity index (χ3n) is 1.41. The molecule has 6 heteroatoms. The number of hydrogen-bond donors (Lipinski definition) is 3. The zero-order valence-corrected chi connectivity index (χ0v) is 7.11. The molecule has 1 unspecified atom stereocenters. The van der Waals surface area contributed by atoms with Crippen molar-refractivity contribution in [2.24, 2.45) is 0 Å². The molecular formula is C7H6O5S. The van der Waals surface area contributed by atoms with Crippen LogP contribution < -0.4 is 0 Å². The molecule has 1 rings (SSSR count). The summed E-state index contributed by atoms with van der Waals surface area (Å²) in [6.45, 7) is 0. The second-order valence-corrected chi connectivity index (χ2v) is 3.19. The lowest BCUT2D eigenvalue weighted by Crippen LogP contribution is -2.12. The lowest BCUT2D eigenvalue weighted by Gasteiger charge is -2.02. The minimum atomic E-state index is -1.76. The number of carbonyl (C=O) groups is 2. The van der Waals surface area contributed by atoms with Crippen LogP contribution in [0.3, 0.4) is 0 Å². The standard InChI is InChI=1S/C7H6O5S/c8-4(7(11)12)5-3(6(9)10)1-2-13-5/h1-2,4,8H,(H,9,10)(H,11,12). The first kappa shape index (κ1) is 9.69. The van der Waals surface area contributed by atoms with Crippen molar-refractivity contribution in [1.82, 2.24) is 0 Å². The van der Waals surface area contributed by atoms with Gasteiger partial charge in [-0.3, -0.25) is 0 Å². The molecule has 0 aliphatic heterocycles. The number of rotatable bonds is 3. The number of aromatic carboxylic acids is 1. The molecule has 3 N–H and O–H groups in total. The van der Waals surface area contributed by atoms with Gasteiger partial charge in [-0.15, -0.1) is 11.3 Å². The molecule has 0 spiro atoms. The maximum Gasteiger partial charge on any atom is 0.338 e. The summed E-state index contributed by atoms with van der Waals surface area (Å²) in [7, 11) is 0. The van der Waals surface area contributed by atoms with Gasteiger partial charge >= 0.3 is 11.9 Å². The first-order valence-corrected chi connectivity index (χ1v) is 4.13. The van der Waals surface area contributed by atoms with E-state index in [1.54, 1.807) is 0 Å².